The number of carbonyl (C=O) groups excluding carboxylic acids is 1. The van der Waals surface area contributed by atoms with Crippen LogP contribution in [0, 0.1) is 6.92 Å². The van der Waals surface area contributed by atoms with Crippen molar-refractivity contribution in [3.05, 3.63) is 65.7 Å². The number of para-hydroxylation sites is 1. The van der Waals surface area contributed by atoms with Crippen LogP contribution in [0.2, 0.25) is 0 Å². The van der Waals surface area contributed by atoms with Crippen molar-refractivity contribution in [2.45, 2.75) is 51.2 Å². The fraction of sp³-hybridized carbons (Fsp3) is 0.385. The van der Waals surface area contributed by atoms with Crippen LogP contribution in [0.15, 0.2) is 54.6 Å². The third-order valence-corrected chi connectivity index (χ3v) is 6.29. The highest BCUT2D eigenvalue weighted by Gasteiger charge is 2.23. The summed E-state index contributed by atoms with van der Waals surface area (Å²) < 4.78 is 0. The molecule has 2 amide bonds. The van der Waals surface area contributed by atoms with Crippen LogP contribution in [-0.2, 0) is 6.54 Å². The van der Waals surface area contributed by atoms with Crippen LogP contribution in [-0.4, -0.2) is 37.2 Å². The minimum Gasteiger partial charge on any atom is -0.377 e. The lowest BCUT2D eigenvalue weighted by molar-refractivity contribution is 0.231. The number of nitrogens with zero attached hydrogens (tertiary/aromatic N) is 2. The van der Waals surface area contributed by atoms with Gasteiger partial charge in [0, 0.05) is 49.9 Å². The number of benzene rings is 2. The summed E-state index contributed by atoms with van der Waals surface area (Å²) in [6.07, 6.45) is 3.94. The van der Waals surface area contributed by atoms with E-state index in [-0.39, 0.29) is 12.1 Å². The number of amides is 2. The monoisotopic (exact) mass is 431 g/mol. The first kappa shape index (κ1) is 21.9. The van der Waals surface area contributed by atoms with E-state index in [1.54, 1.807) is 0 Å². The van der Waals surface area contributed by atoms with E-state index >= 15 is 0 Å². The minimum absolute atomic E-state index is 0.0866. The molecule has 0 bridgehead atoms. The van der Waals surface area contributed by atoms with E-state index in [0.717, 1.165) is 48.0 Å². The fourth-order valence-electron chi connectivity index (χ4n) is 4.41. The zero-order chi connectivity index (χ0) is 22.5. The molecule has 1 fully saturated rings. The molecule has 0 unspecified atom stereocenters. The van der Waals surface area contributed by atoms with Gasteiger partial charge in [0.05, 0.1) is 5.52 Å². The lowest BCUT2D eigenvalue weighted by Gasteiger charge is -2.30. The van der Waals surface area contributed by atoms with Crippen molar-refractivity contribution >= 4 is 28.4 Å². The number of aryl methyl sites for hydroxylation is 1. The summed E-state index contributed by atoms with van der Waals surface area (Å²) in [5, 5.41) is 10.9. The van der Waals surface area contributed by atoms with Crippen LogP contribution in [0.3, 0.4) is 0 Å². The van der Waals surface area contributed by atoms with Crippen molar-refractivity contribution in [1.29, 1.82) is 0 Å². The Labute approximate surface area is 190 Å². The Hall–Kier alpha value is -3.28. The summed E-state index contributed by atoms with van der Waals surface area (Å²) >= 11 is 0. The highest BCUT2D eigenvalue weighted by atomic mass is 16.2. The van der Waals surface area contributed by atoms with Crippen molar-refractivity contribution in [2.24, 2.45) is 0 Å². The zero-order valence-electron chi connectivity index (χ0n) is 19.2. The van der Waals surface area contributed by atoms with Crippen molar-refractivity contribution in [3.8, 4) is 0 Å². The molecule has 0 spiro atoms. The molecule has 6 nitrogen and oxygen atoms in total. The van der Waals surface area contributed by atoms with E-state index in [1.165, 1.54) is 11.3 Å². The number of pyridine rings is 1. The molecule has 0 atom stereocenters. The molecule has 1 aliphatic rings. The number of fused-ring (bicyclic) bond motifs is 1. The number of nitrogens with one attached hydrogen (secondary N) is 3. The Bertz CT molecular complexity index is 1070. The van der Waals surface area contributed by atoms with Crippen LogP contribution < -0.4 is 20.9 Å². The second-order valence-electron chi connectivity index (χ2n) is 8.88. The highest BCUT2D eigenvalue weighted by molar-refractivity contribution is 5.93. The summed E-state index contributed by atoms with van der Waals surface area (Å²) in [6.45, 7) is 2.62. The van der Waals surface area contributed by atoms with Crippen molar-refractivity contribution in [3.63, 3.8) is 0 Å². The number of hydrogen-bond donors (Lipinski definition) is 3. The summed E-state index contributed by atoms with van der Waals surface area (Å²) in [6, 6.07) is 19.0. The third-order valence-electron chi connectivity index (χ3n) is 6.29. The average molecular weight is 432 g/mol. The lowest BCUT2D eigenvalue weighted by atomic mass is 9.91. The van der Waals surface area contributed by atoms with E-state index in [4.69, 9.17) is 4.98 Å². The molecule has 168 valence electrons. The van der Waals surface area contributed by atoms with Gasteiger partial charge in [-0.3, -0.25) is 0 Å². The smallest absolute Gasteiger partial charge is 0.315 e. The number of rotatable bonds is 6. The zero-order valence-corrected chi connectivity index (χ0v) is 19.2. The minimum atomic E-state index is -0.0866. The third kappa shape index (κ3) is 5.31. The fourth-order valence-corrected chi connectivity index (χ4v) is 4.41. The Morgan fingerprint density at radius 1 is 1.00 bits per heavy atom. The van der Waals surface area contributed by atoms with Crippen molar-refractivity contribution in [1.82, 2.24) is 15.6 Å². The maximum atomic E-state index is 12.3. The molecule has 1 aliphatic carbocycles. The number of hydrogen-bond acceptors (Lipinski definition) is 4. The van der Waals surface area contributed by atoms with Gasteiger partial charge < -0.3 is 20.9 Å². The second kappa shape index (κ2) is 9.90. The van der Waals surface area contributed by atoms with Gasteiger partial charge in [-0.1, -0.05) is 42.5 Å². The second-order valence-corrected chi connectivity index (χ2v) is 8.88. The summed E-state index contributed by atoms with van der Waals surface area (Å²) in [5.41, 5.74) is 4.51. The van der Waals surface area contributed by atoms with Gasteiger partial charge in [0.2, 0.25) is 0 Å². The van der Waals surface area contributed by atoms with E-state index in [9.17, 15) is 4.79 Å². The molecule has 3 aromatic rings. The summed E-state index contributed by atoms with van der Waals surface area (Å²) in [5.74, 6) is 0.916. The first-order valence-electron chi connectivity index (χ1n) is 11.4. The normalized spacial score (nSPS) is 18.2. The quantitative estimate of drug-likeness (QED) is 0.523. The molecule has 32 heavy (non-hydrogen) atoms. The standard InChI is InChI=1S/C26H33N5O/c1-18-8-4-5-9-19(18)17-27-26(32)29-21-14-12-20(13-15-21)28-25-16-24(31(2)3)22-10-6-7-11-23(22)30-25/h4-11,16,20-21H,12-15,17H2,1-3H3,(H,28,30)(H2,27,29,32)/t20-,21+. The van der Waals surface area contributed by atoms with Gasteiger partial charge in [-0.25, -0.2) is 9.78 Å². The highest BCUT2D eigenvalue weighted by Crippen LogP contribution is 2.29. The largest absolute Gasteiger partial charge is 0.377 e. The summed E-state index contributed by atoms with van der Waals surface area (Å²) in [4.78, 5) is 19.3. The first-order valence-corrected chi connectivity index (χ1v) is 11.4. The van der Waals surface area contributed by atoms with Gasteiger partial charge in [0.1, 0.15) is 5.82 Å². The molecular weight excluding hydrogens is 398 g/mol. The number of anilines is 2. The first-order chi connectivity index (χ1) is 15.5. The SMILES string of the molecule is Cc1ccccc1CNC(=O)N[C@H]1CC[C@@H](Nc2cc(N(C)C)c3ccccc3n2)CC1. The maximum Gasteiger partial charge on any atom is 0.315 e. The molecule has 0 aliphatic heterocycles. The average Bonchev–Trinajstić information content (AvgIpc) is 2.79. The van der Waals surface area contributed by atoms with E-state index < -0.39 is 0 Å². The van der Waals surface area contributed by atoms with Gasteiger partial charge >= 0.3 is 6.03 Å². The molecule has 1 heterocycles. The molecule has 1 aromatic heterocycles. The number of carbonyl (C=O) groups is 1. The van der Waals surface area contributed by atoms with E-state index in [1.807, 2.05) is 18.2 Å². The number of urea groups is 1. The molecule has 0 radical (unpaired) electrons. The lowest BCUT2D eigenvalue weighted by Crippen LogP contribution is -2.44. The Balaban J connectivity index is 1.29. The molecule has 6 heteroatoms. The van der Waals surface area contributed by atoms with E-state index in [0.29, 0.717) is 12.6 Å². The van der Waals surface area contributed by atoms with E-state index in [2.05, 4.69) is 78.3 Å². The molecule has 0 saturated heterocycles. The Morgan fingerprint density at radius 2 is 1.69 bits per heavy atom. The maximum absolute atomic E-state index is 12.3. The predicted octanol–water partition coefficient (Wildman–Crippen LogP) is 4.83. The Kier molecular flexibility index (Phi) is 6.78. The van der Waals surface area contributed by atoms with Crippen LogP contribution in [0.1, 0.15) is 36.8 Å². The van der Waals surface area contributed by atoms with Gasteiger partial charge in [-0.15, -0.1) is 0 Å². The van der Waals surface area contributed by atoms with Crippen LogP contribution in [0.4, 0.5) is 16.3 Å². The van der Waals surface area contributed by atoms with Crippen LogP contribution in [0.5, 0.6) is 0 Å². The van der Waals surface area contributed by atoms with Gasteiger partial charge in [0.15, 0.2) is 0 Å². The van der Waals surface area contributed by atoms with Gasteiger partial charge in [-0.2, -0.15) is 0 Å². The van der Waals surface area contributed by atoms with Gasteiger partial charge in [-0.05, 0) is 49.8 Å². The van der Waals surface area contributed by atoms with Crippen LogP contribution >= 0.6 is 0 Å². The Morgan fingerprint density at radius 3 is 2.44 bits per heavy atom. The predicted molar refractivity (Wildman–Crippen MR) is 132 cm³/mol. The molecule has 2 aromatic carbocycles. The molecule has 3 N–H and O–H groups in total. The van der Waals surface area contributed by atoms with Crippen molar-refractivity contribution in [2.75, 3.05) is 24.3 Å². The number of aromatic nitrogens is 1. The van der Waals surface area contributed by atoms with Gasteiger partial charge in [0.25, 0.3) is 0 Å². The summed E-state index contributed by atoms with van der Waals surface area (Å²) in [7, 11) is 4.12. The molecular formula is C26H33N5O. The molecule has 1 saturated carbocycles. The van der Waals surface area contributed by atoms with Crippen LogP contribution in [0.25, 0.3) is 10.9 Å². The van der Waals surface area contributed by atoms with Crippen molar-refractivity contribution < 1.29 is 4.79 Å². The topological polar surface area (TPSA) is 69.3 Å². The molecule has 4 rings (SSSR count).